The van der Waals surface area contributed by atoms with Gasteiger partial charge < -0.3 is 19.9 Å². The van der Waals surface area contributed by atoms with Crippen molar-refractivity contribution >= 4 is 16.9 Å². The van der Waals surface area contributed by atoms with Gasteiger partial charge in [0.15, 0.2) is 17.2 Å². The Morgan fingerprint density at radius 3 is 2.47 bits per heavy atom. The van der Waals surface area contributed by atoms with Gasteiger partial charge in [-0.25, -0.2) is 13.2 Å². The van der Waals surface area contributed by atoms with E-state index in [1.54, 1.807) is 6.92 Å². The van der Waals surface area contributed by atoms with E-state index in [0.717, 1.165) is 12.1 Å². The van der Waals surface area contributed by atoms with Gasteiger partial charge in [0.2, 0.25) is 0 Å². The van der Waals surface area contributed by atoms with E-state index in [-0.39, 0.29) is 29.8 Å². The zero-order chi connectivity index (χ0) is 22.8. The fourth-order valence-electron chi connectivity index (χ4n) is 3.04. The van der Waals surface area contributed by atoms with Crippen molar-refractivity contribution < 1.29 is 27.8 Å². The first-order valence-electron chi connectivity index (χ1n) is 9.50. The molecule has 1 unspecified atom stereocenters. The average Bonchev–Trinajstić information content (AvgIpc) is 3.18. The summed E-state index contributed by atoms with van der Waals surface area (Å²) in [5.74, 6) is -1.89. The number of hydrogen-bond donors (Lipinski definition) is 3. The molecular weight excluding hydrogens is 427 g/mol. The van der Waals surface area contributed by atoms with Gasteiger partial charge in [0.1, 0.15) is 28.9 Å². The van der Waals surface area contributed by atoms with Gasteiger partial charge in [0.25, 0.3) is 0 Å². The molecule has 0 fully saturated rings. The molecule has 2 heterocycles. The minimum absolute atomic E-state index is 0.112. The zero-order valence-electron chi connectivity index (χ0n) is 17.0. The fraction of sp³-hybridized carbons (Fsp3) is 0.190. The van der Waals surface area contributed by atoms with Gasteiger partial charge in [-0.3, -0.25) is 5.10 Å². The molecule has 166 valence electrons. The second kappa shape index (κ2) is 8.71. The van der Waals surface area contributed by atoms with Crippen LogP contribution in [0.2, 0.25) is 0 Å². The lowest BCUT2D eigenvalue weighted by Crippen LogP contribution is -2.16. The lowest BCUT2D eigenvalue weighted by atomic mass is 10.1. The third kappa shape index (κ3) is 4.28. The van der Waals surface area contributed by atoms with Crippen LogP contribution in [0.4, 0.5) is 19.0 Å². The summed E-state index contributed by atoms with van der Waals surface area (Å²) in [6.07, 6.45) is -0.724. The van der Waals surface area contributed by atoms with E-state index in [9.17, 15) is 18.3 Å². The Labute approximate surface area is 180 Å². The molecule has 1 atom stereocenters. The molecule has 2 aromatic heterocycles. The molecule has 0 bridgehead atoms. The summed E-state index contributed by atoms with van der Waals surface area (Å²) in [6.45, 7) is 1.68. The molecule has 11 heteroatoms. The number of ether oxygens (including phenoxy) is 2. The Morgan fingerprint density at radius 2 is 1.78 bits per heavy atom. The Bertz CT molecular complexity index is 1280. The fourth-order valence-corrected chi connectivity index (χ4v) is 3.04. The van der Waals surface area contributed by atoms with Gasteiger partial charge in [-0.05, 0) is 37.3 Å². The quantitative estimate of drug-likeness (QED) is 0.394. The van der Waals surface area contributed by atoms with Crippen molar-refractivity contribution in [3.8, 4) is 28.8 Å². The summed E-state index contributed by atoms with van der Waals surface area (Å²) in [6, 6.07) is 6.53. The van der Waals surface area contributed by atoms with E-state index in [2.05, 4.69) is 25.5 Å². The van der Waals surface area contributed by atoms with Crippen molar-refractivity contribution in [2.45, 2.75) is 13.0 Å². The van der Waals surface area contributed by atoms with Crippen LogP contribution in [0.1, 0.15) is 6.92 Å². The number of aromatic nitrogens is 4. The van der Waals surface area contributed by atoms with Crippen molar-refractivity contribution in [2.24, 2.45) is 0 Å². The van der Waals surface area contributed by atoms with Crippen LogP contribution in [0.3, 0.4) is 0 Å². The number of aliphatic hydroxyl groups excluding tert-OH is 1. The number of methoxy groups -OCH3 is 1. The summed E-state index contributed by atoms with van der Waals surface area (Å²) >= 11 is 0. The molecule has 2 aromatic carbocycles. The van der Waals surface area contributed by atoms with Crippen LogP contribution in [-0.2, 0) is 0 Å². The Balaban J connectivity index is 1.84. The summed E-state index contributed by atoms with van der Waals surface area (Å²) < 4.78 is 51.9. The summed E-state index contributed by atoms with van der Waals surface area (Å²) in [7, 11) is 1.44. The predicted octanol–water partition coefficient (Wildman–Crippen LogP) is 4.03. The van der Waals surface area contributed by atoms with Gasteiger partial charge >= 0.3 is 6.01 Å². The number of halogens is 3. The van der Waals surface area contributed by atoms with E-state index in [4.69, 9.17) is 9.47 Å². The molecule has 0 saturated carbocycles. The van der Waals surface area contributed by atoms with Crippen molar-refractivity contribution in [3.63, 3.8) is 0 Å². The summed E-state index contributed by atoms with van der Waals surface area (Å²) in [5.41, 5.74) is 0.844. The van der Waals surface area contributed by atoms with Gasteiger partial charge in [-0.15, -0.1) is 0 Å². The van der Waals surface area contributed by atoms with Gasteiger partial charge in [0.05, 0.1) is 18.6 Å². The maximum atomic E-state index is 14.0. The smallest absolute Gasteiger partial charge is 0.326 e. The maximum absolute atomic E-state index is 14.0. The molecule has 8 nitrogen and oxygen atoms in total. The van der Waals surface area contributed by atoms with Gasteiger partial charge in [-0.2, -0.15) is 15.1 Å². The number of nitrogens with one attached hydrogen (secondary N) is 2. The van der Waals surface area contributed by atoms with E-state index in [0.29, 0.717) is 28.5 Å². The Hall–Kier alpha value is -3.86. The highest BCUT2D eigenvalue weighted by atomic mass is 19.1. The number of rotatable bonds is 7. The van der Waals surface area contributed by atoms with Crippen LogP contribution in [0.5, 0.6) is 17.5 Å². The molecule has 0 aliphatic carbocycles. The lowest BCUT2D eigenvalue weighted by Gasteiger charge is -2.12. The monoisotopic (exact) mass is 445 g/mol. The lowest BCUT2D eigenvalue weighted by molar-refractivity contribution is 0.208. The predicted molar refractivity (Wildman–Crippen MR) is 110 cm³/mol. The van der Waals surface area contributed by atoms with Gasteiger partial charge in [-0.1, -0.05) is 0 Å². The van der Waals surface area contributed by atoms with Crippen molar-refractivity contribution in [1.29, 1.82) is 0 Å². The zero-order valence-corrected chi connectivity index (χ0v) is 17.0. The summed E-state index contributed by atoms with van der Waals surface area (Å²) in [5, 5.41) is 20.0. The van der Waals surface area contributed by atoms with Gasteiger partial charge in [0, 0.05) is 18.2 Å². The van der Waals surface area contributed by atoms with E-state index < -0.39 is 23.6 Å². The topological polar surface area (TPSA) is 105 Å². The molecular formula is C21H18F3N5O3. The number of fused-ring (bicyclic) bond motifs is 1. The summed E-state index contributed by atoms with van der Waals surface area (Å²) in [4.78, 5) is 8.45. The minimum atomic E-state index is -0.929. The molecule has 0 saturated heterocycles. The SMILES string of the molecule is COc1ccc(F)cc1-c1n[nH]c2nc(Oc3ccc(F)cc3F)nc(NCC(C)O)c12. The molecule has 0 radical (unpaired) electrons. The molecule has 3 N–H and O–H groups in total. The standard InChI is InChI=1S/C21H18F3N5O3/c1-10(30)9-25-19-17-18(13-7-11(22)3-5-15(13)31-2)28-29-20(17)27-21(26-19)32-16-6-4-12(23)8-14(16)24/h3-8,10,30H,9H2,1-2H3,(H2,25,26,27,28,29). The average molecular weight is 445 g/mol. The largest absolute Gasteiger partial charge is 0.496 e. The normalized spacial score (nSPS) is 12.1. The highest BCUT2D eigenvalue weighted by Gasteiger charge is 2.21. The molecule has 32 heavy (non-hydrogen) atoms. The van der Waals surface area contributed by atoms with E-state index >= 15 is 0 Å². The van der Waals surface area contributed by atoms with Crippen LogP contribution in [0, 0.1) is 17.5 Å². The minimum Gasteiger partial charge on any atom is -0.496 e. The van der Waals surface area contributed by atoms with Crippen LogP contribution < -0.4 is 14.8 Å². The molecule has 4 rings (SSSR count). The molecule has 0 amide bonds. The molecule has 0 aliphatic heterocycles. The second-order valence-corrected chi connectivity index (χ2v) is 6.90. The third-order valence-electron chi connectivity index (χ3n) is 4.48. The first kappa shape index (κ1) is 21.4. The van der Waals surface area contributed by atoms with Crippen LogP contribution >= 0.6 is 0 Å². The van der Waals surface area contributed by atoms with Crippen molar-refractivity contribution in [2.75, 3.05) is 19.0 Å². The number of aliphatic hydroxyl groups is 1. The number of hydrogen-bond acceptors (Lipinski definition) is 7. The number of anilines is 1. The Morgan fingerprint density at radius 1 is 1.06 bits per heavy atom. The molecule has 4 aromatic rings. The Kier molecular flexibility index (Phi) is 5.82. The van der Waals surface area contributed by atoms with Crippen LogP contribution in [-0.4, -0.2) is 45.0 Å². The number of aromatic amines is 1. The number of nitrogens with zero attached hydrogens (tertiary/aromatic N) is 3. The van der Waals surface area contributed by atoms with Crippen LogP contribution in [0.25, 0.3) is 22.3 Å². The third-order valence-corrected chi connectivity index (χ3v) is 4.48. The van der Waals surface area contributed by atoms with Crippen molar-refractivity contribution in [1.82, 2.24) is 20.2 Å². The second-order valence-electron chi connectivity index (χ2n) is 6.90. The first-order chi connectivity index (χ1) is 15.4. The maximum Gasteiger partial charge on any atom is 0.326 e. The molecule has 0 spiro atoms. The van der Waals surface area contributed by atoms with E-state index in [1.807, 2.05) is 0 Å². The molecule has 0 aliphatic rings. The van der Waals surface area contributed by atoms with E-state index in [1.165, 1.54) is 25.3 Å². The van der Waals surface area contributed by atoms with Crippen molar-refractivity contribution in [3.05, 3.63) is 53.8 Å². The highest BCUT2D eigenvalue weighted by molar-refractivity contribution is 6.00. The highest BCUT2D eigenvalue weighted by Crippen LogP contribution is 2.37. The first-order valence-corrected chi connectivity index (χ1v) is 9.50. The number of H-pyrrole nitrogens is 1. The number of benzene rings is 2. The van der Waals surface area contributed by atoms with Crippen LogP contribution in [0.15, 0.2) is 36.4 Å².